The number of hydrogen-bond donors (Lipinski definition) is 1. The van der Waals surface area contributed by atoms with Gasteiger partial charge in [-0.1, -0.05) is 13.8 Å². The molecular weight excluding hydrogens is 402 g/mol. The minimum Gasteiger partial charge on any atom is -0.493 e. The number of nitrogens with one attached hydrogen (secondary N) is 1. The minimum atomic E-state index is -0.218. The van der Waals surface area contributed by atoms with Gasteiger partial charge in [0.2, 0.25) is 0 Å². The second-order valence-corrected chi connectivity index (χ2v) is 8.25. The number of amides is 1. The molecule has 0 aliphatic carbocycles. The van der Waals surface area contributed by atoms with Gasteiger partial charge in [0.25, 0.3) is 5.91 Å². The van der Waals surface area contributed by atoms with Crippen LogP contribution in [-0.4, -0.2) is 63.6 Å². The SMILES string of the molecule is COc1cc(/C=N\NC(=O)c2csc(C(C)C)c2)ccc1OCCN1CCOCC1. The molecular formula is C22H29N3O4S. The zero-order chi connectivity index (χ0) is 21.3. The molecule has 1 aliphatic rings. The van der Waals surface area contributed by atoms with Crippen LogP contribution < -0.4 is 14.9 Å². The topological polar surface area (TPSA) is 72.4 Å². The molecule has 162 valence electrons. The van der Waals surface area contributed by atoms with E-state index in [0.717, 1.165) is 38.4 Å². The maximum atomic E-state index is 12.2. The van der Waals surface area contributed by atoms with Gasteiger partial charge in [-0.15, -0.1) is 11.3 Å². The van der Waals surface area contributed by atoms with Crippen molar-refractivity contribution in [3.8, 4) is 11.5 Å². The van der Waals surface area contributed by atoms with Gasteiger partial charge in [-0.2, -0.15) is 5.10 Å². The zero-order valence-electron chi connectivity index (χ0n) is 17.7. The molecule has 0 atom stereocenters. The van der Waals surface area contributed by atoms with Crippen molar-refractivity contribution in [2.24, 2.45) is 5.10 Å². The molecule has 30 heavy (non-hydrogen) atoms. The maximum Gasteiger partial charge on any atom is 0.272 e. The predicted octanol–water partition coefficient (Wildman–Crippen LogP) is 3.36. The molecule has 1 saturated heterocycles. The Balaban J connectivity index is 1.52. The number of rotatable bonds is 9. The minimum absolute atomic E-state index is 0.218. The van der Waals surface area contributed by atoms with Gasteiger partial charge in [0.1, 0.15) is 6.61 Å². The Labute approximate surface area is 181 Å². The summed E-state index contributed by atoms with van der Waals surface area (Å²) >= 11 is 1.59. The van der Waals surface area contributed by atoms with E-state index in [9.17, 15) is 4.79 Å². The first-order valence-electron chi connectivity index (χ1n) is 10.1. The van der Waals surface area contributed by atoms with E-state index in [-0.39, 0.29) is 5.91 Å². The Kier molecular flexibility index (Phi) is 8.24. The molecule has 0 bridgehead atoms. The van der Waals surface area contributed by atoms with Crippen LogP contribution in [0.2, 0.25) is 0 Å². The van der Waals surface area contributed by atoms with Gasteiger partial charge < -0.3 is 14.2 Å². The Morgan fingerprint density at radius 1 is 1.30 bits per heavy atom. The fraction of sp³-hybridized carbons (Fsp3) is 0.455. The number of methoxy groups -OCH3 is 1. The maximum absolute atomic E-state index is 12.2. The predicted molar refractivity (Wildman–Crippen MR) is 119 cm³/mol. The standard InChI is InChI=1S/C22H29N3O4S/c1-16(2)21-13-18(15-30-21)22(26)24-23-14-17-4-5-19(20(12-17)27-3)29-11-8-25-6-9-28-10-7-25/h4-5,12-16H,6-11H2,1-3H3,(H,24,26)/b23-14-. The summed E-state index contributed by atoms with van der Waals surface area (Å²) in [6.07, 6.45) is 1.59. The lowest BCUT2D eigenvalue weighted by atomic mass is 10.1. The highest BCUT2D eigenvalue weighted by molar-refractivity contribution is 7.10. The van der Waals surface area contributed by atoms with Crippen LogP contribution in [0.5, 0.6) is 11.5 Å². The summed E-state index contributed by atoms with van der Waals surface area (Å²) in [6.45, 7) is 9.07. The first-order chi connectivity index (χ1) is 14.6. The largest absolute Gasteiger partial charge is 0.493 e. The molecule has 0 radical (unpaired) electrons. The van der Waals surface area contributed by atoms with Crippen molar-refractivity contribution >= 4 is 23.5 Å². The van der Waals surface area contributed by atoms with E-state index >= 15 is 0 Å². The summed E-state index contributed by atoms with van der Waals surface area (Å²) in [4.78, 5) is 15.7. The lowest BCUT2D eigenvalue weighted by Gasteiger charge is -2.26. The number of ether oxygens (including phenoxy) is 3. The van der Waals surface area contributed by atoms with Gasteiger partial charge in [0.15, 0.2) is 11.5 Å². The zero-order valence-corrected chi connectivity index (χ0v) is 18.5. The molecule has 7 nitrogen and oxygen atoms in total. The number of carbonyl (C=O) groups excluding carboxylic acids is 1. The summed E-state index contributed by atoms with van der Waals surface area (Å²) < 4.78 is 16.7. The van der Waals surface area contributed by atoms with E-state index in [1.165, 1.54) is 4.88 Å². The summed E-state index contributed by atoms with van der Waals surface area (Å²) in [6, 6.07) is 7.48. The number of carbonyl (C=O) groups is 1. The van der Waals surface area contributed by atoms with Crippen LogP contribution in [0.25, 0.3) is 0 Å². The summed E-state index contributed by atoms with van der Waals surface area (Å²) in [5.74, 6) is 1.50. The van der Waals surface area contributed by atoms with E-state index in [1.54, 1.807) is 24.7 Å². The van der Waals surface area contributed by atoms with Gasteiger partial charge in [0.05, 0.1) is 32.1 Å². The van der Waals surface area contributed by atoms with Crippen LogP contribution in [0.4, 0.5) is 0 Å². The van der Waals surface area contributed by atoms with Crippen molar-refractivity contribution in [3.05, 3.63) is 45.6 Å². The van der Waals surface area contributed by atoms with E-state index < -0.39 is 0 Å². The molecule has 1 aromatic carbocycles. The third kappa shape index (κ3) is 6.29. The number of hydrogen-bond acceptors (Lipinski definition) is 7. The van der Waals surface area contributed by atoms with Crippen molar-refractivity contribution in [2.75, 3.05) is 46.6 Å². The first kappa shape index (κ1) is 22.3. The van der Waals surface area contributed by atoms with Gasteiger partial charge in [-0.05, 0) is 35.7 Å². The molecule has 1 aromatic heterocycles. The van der Waals surface area contributed by atoms with Crippen LogP contribution >= 0.6 is 11.3 Å². The van der Waals surface area contributed by atoms with Crippen LogP contribution in [0.3, 0.4) is 0 Å². The number of thiophene rings is 1. The number of hydrazone groups is 1. The number of benzene rings is 1. The molecule has 3 rings (SSSR count). The summed E-state index contributed by atoms with van der Waals surface area (Å²) in [5, 5.41) is 5.92. The van der Waals surface area contributed by atoms with Gasteiger partial charge >= 0.3 is 0 Å². The Morgan fingerprint density at radius 3 is 2.80 bits per heavy atom. The van der Waals surface area contributed by atoms with Crippen LogP contribution in [0.15, 0.2) is 34.7 Å². The van der Waals surface area contributed by atoms with Crippen molar-refractivity contribution < 1.29 is 19.0 Å². The Bertz CT molecular complexity index is 860. The molecule has 1 amide bonds. The number of morpholine rings is 1. The van der Waals surface area contributed by atoms with E-state index in [1.807, 2.05) is 29.6 Å². The highest BCUT2D eigenvalue weighted by Gasteiger charge is 2.12. The van der Waals surface area contributed by atoms with Crippen LogP contribution in [-0.2, 0) is 4.74 Å². The normalized spacial score (nSPS) is 14.9. The Morgan fingerprint density at radius 2 is 2.10 bits per heavy atom. The first-order valence-corrected chi connectivity index (χ1v) is 11.0. The molecule has 0 saturated carbocycles. The monoisotopic (exact) mass is 431 g/mol. The lowest BCUT2D eigenvalue weighted by molar-refractivity contribution is 0.0321. The van der Waals surface area contributed by atoms with E-state index in [2.05, 4.69) is 29.3 Å². The third-order valence-electron chi connectivity index (χ3n) is 4.79. The molecule has 2 heterocycles. The smallest absolute Gasteiger partial charge is 0.272 e. The van der Waals surface area contributed by atoms with E-state index in [4.69, 9.17) is 14.2 Å². The van der Waals surface area contributed by atoms with Crippen molar-refractivity contribution in [1.82, 2.24) is 10.3 Å². The fourth-order valence-electron chi connectivity index (χ4n) is 3.00. The van der Waals surface area contributed by atoms with Crippen LogP contribution in [0, 0.1) is 0 Å². The highest BCUT2D eigenvalue weighted by atomic mass is 32.1. The Hall–Kier alpha value is -2.42. The molecule has 1 N–H and O–H groups in total. The average molecular weight is 432 g/mol. The van der Waals surface area contributed by atoms with Gasteiger partial charge in [-0.25, -0.2) is 5.43 Å². The lowest BCUT2D eigenvalue weighted by Crippen LogP contribution is -2.38. The second-order valence-electron chi connectivity index (χ2n) is 7.30. The average Bonchev–Trinajstić information content (AvgIpc) is 3.26. The second kappa shape index (κ2) is 11.1. The summed E-state index contributed by atoms with van der Waals surface area (Å²) in [5.41, 5.74) is 4.01. The molecule has 8 heteroatoms. The fourth-order valence-corrected chi connectivity index (χ4v) is 3.90. The van der Waals surface area contributed by atoms with Gasteiger partial charge in [0, 0.05) is 29.9 Å². The quantitative estimate of drug-likeness (QED) is 0.487. The molecule has 1 aliphatic heterocycles. The molecule has 2 aromatic rings. The number of nitrogens with zero attached hydrogens (tertiary/aromatic N) is 2. The third-order valence-corrected chi connectivity index (χ3v) is 6.02. The summed E-state index contributed by atoms with van der Waals surface area (Å²) in [7, 11) is 1.61. The van der Waals surface area contributed by atoms with Gasteiger partial charge in [-0.3, -0.25) is 9.69 Å². The molecule has 1 fully saturated rings. The van der Waals surface area contributed by atoms with Crippen molar-refractivity contribution in [3.63, 3.8) is 0 Å². The molecule has 0 unspecified atom stereocenters. The van der Waals surface area contributed by atoms with Crippen molar-refractivity contribution in [2.45, 2.75) is 19.8 Å². The van der Waals surface area contributed by atoms with Crippen molar-refractivity contribution in [1.29, 1.82) is 0 Å². The molecule has 0 spiro atoms. The van der Waals surface area contributed by atoms with Crippen LogP contribution in [0.1, 0.15) is 40.6 Å². The highest BCUT2D eigenvalue weighted by Crippen LogP contribution is 2.27. The van der Waals surface area contributed by atoms with E-state index in [0.29, 0.717) is 29.6 Å².